The van der Waals surface area contributed by atoms with Crippen LogP contribution < -0.4 is 10.5 Å². The number of hydrogen-bond donors (Lipinski definition) is 1. The Balaban J connectivity index is 2.29. The third kappa shape index (κ3) is 2.81. The molecule has 0 aliphatic heterocycles. The fourth-order valence-corrected chi connectivity index (χ4v) is 2.78. The number of carbonyl (C=O) groups excluding carboxylic acids is 1. The lowest BCUT2D eigenvalue weighted by atomic mass is 9.82. The number of aromatic nitrogens is 2. The zero-order valence-electron chi connectivity index (χ0n) is 11.9. The molecular weight excluding hydrogens is 242 g/mol. The fraction of sp³-hybridized carbons (Fsp3) is 0.714. The van der Waals surface area contributed by atoms with Crippen LogP contribution in [0.25, 0.3) is 0 Å². The first-order valence-electron chi connectivity index (χ1n) is 6.95. The summed E-state index contributed by atoms with van der Waals surface area (Å²) in [7, 11) is 1.57. The molecule has 1 heterocycles. The van der Waals surface area contributed by atoms with Crippen molar-refractivity contribution in [3.63, 3.8) is 0 Å². The van der Waals surface area contributed by atoms with Gasteiger partial charge in [-0.15, -0.1) is 0 Å². The first-order valence-corrected chi connectivity index (χ1v) is 6.95. The van der Waals surface area contributed by atoms with Crippen LogP contribution in [0.1, 0.15) is 56.1 Å². The van der Waals surface area contributed by atoms with Crippen molar-refractivity contribution in [2.45, 2.75) is 51.6 Å². The number of Topliss-reactive ketones (excluding diaryl/α,β-unsaturated/α-hetero) is 1. The monoisotopic (exact) mass is 265 g/mol. The number of carbonyl (C=O) groups is 1. The highest BCUT2D eigenvalue weighted by atomic mass is 16.5. The minimum atomic E-state index is 0.00634. The third-order valence-corrected chi connectivity index (χ3v) is 3.79. The Kier molecular flexibility index (Phi) is 4.24. The Morgan fingerprint density at radius 1 is 1.53 bits per heavy atom. The zero-order valence-corrected chi connectivity index (χ0v) is 11.9. The van der Waals surface area contributed by atoms with Gasteiger partial charge in [0.05, 0.1) is 13.3 Å². The highest BCUT2D eigenvalue weighted by Crippen LogP contribution is 2.30. The predicted molar refractivity (Wildman–Crippen MR) is 73.4 cm³/mol. The number of rotatable bonds is 4. The Labute approximate surface area is 114 Å². The summed E-state index contributed by atoms with van der Waals surface area (Å²) in [5.74, 6) is 0.697. The van der Waals surface area contributed by atoms with E-state index in [-0.39, 0.29) is 23.8 Å². The molecule has 1 saturated carbocycles. The first-order chi connectivity index (χ1) is 9.04. The molecule has 0 bridgehead atoms. The van der Waals surface area contributed by atoms with Gasteiger partial charge in [0, 0.05) is 18.0 Å². The van der Waals surface area contributed by atoms with E-state index in [2.05, 4.69) is 5.10 Å². The molecule has 0 spiro atoms. The summed E-state index contributed by atoms with van der Waals surface area (Å²) in [5, 5.41) is 4.26. The van der Waals surface area contributed by atoms with Gasteiger partial charge in [0.15, 0.2) is 11.5 Å². The minimum Gasteiger partial charge on any atom is -0.493 e. The molecule has 0 saturated heterocycles. The van der Waals surface area contributed by atoms with E-state index >= 15 is 0 Å². The maximum absolute atomic E-state index is 12.7. The molecular formula is C14H23N3O2. The van der Waals surface area contributed by atoms with Crippen LogP contribution in [0, 0.1) is 5.92 Å². The van der Waals surface area contributed by atoms with Gasteiger partial charge in [-0.3, -0.25) is 9.48 Å². The lowest BCUT2D eigenvalue weighted by Gasteiger charge is -2.26. The summed E-state index contributed by atoms with van der Waals surface area (Å²) in [6.45, 7) is 4.02. The fourth-order valence-electron chi connectivity index (χ4n) is 2.78. The van der Waals surface area contributed by atoms with Gasteiger partial charge in [0.1, 0.15) is 5.69 Å². The molecule has 2 unspecified atom stereocenters. The van der Waals surface area contributed by atoms with E-state index in [0.29, 0.717) is 11.4 Å². The van der Waals surface area contributed by atoms with Crippen molar-refractivity contribution in [3.05, 3.63) is 11.9 Å². The molecule has 19 heavy (non-hydrogen) atoms. The van der Waals surface area contributed by atoms with Crippen LogP contribution in [0.5, 0.6) is 5.75 Å². The Hall–Kier alpha value is -1.36. The molecule has 1 aromatic rings. The quantitative estimate of drug-likeness (QED) is 0.847. The van der Waals surface area contributed by atoms with Crippen LogP contribution in [-0.2, 0) is 0 Å². The van der Waals surface area contributed by atoms with Crippen molar-refractivity contribution in [3.8, 4) is 5.75 Å². The molecule has 1 fully saturated rings. The smallest absolute Gasteiger partial charge is 0.187 e. The van der Waals surface area contributed by atoms with Crippen molar-refractivity contribution < 1.29 is 9.53 Å². The number of ketones is 1. The summed E-state index contributed by atoms with van der Waals surface area (Å²) in [6.07, 6.45) is 5.35. The van der Waals surface area contributed by atoms with Crippen molar-refractivity contribution in [2.75, 3.05) is 7.11 Å². The van der Waals surface area contributed by atoms with E-state index in [0.717, 1.165) is 25.7 Å². The van der Waals surface area contributed by atoms with E-state index < -0.39 is 0 Å². The zero-order chi connectivity index (χ0) is 14.0. The number of methoxy groups -OCH3 is 1. The average Bonchev–Trinajstić information content (AvgIpc) is 2.81. The molecule has 0 amide bonds. The molecule has 0 aromatic carbocycles. The second kappa shape index (κ2) is 5.74. The topological polar surface area (TPSA) is 70.1 Å². The van der Waals surface area contributed by atoms with Gasteiger partial charge in [-0.05, 0) is 33.1 Å². The normalized spacial score (nSPS) is 23.6. The number of ether oxygens (including phenoxy) is 1. The molecule has 5 heteroatoms. The summed E-state index contributed by atoms with van der Waals surface area (Å²) in [5.41, 5.74) is 6.57. The van der Waals surface area contributed by atoms with E-state index in [9.17, 15) is 4.79 Å². The van der Waals surface area contributed by atoms with Crippen LogP contribution in [0.2, 0.25) is 0 Å². The van der Waals surface area contributed by atoms with Crippen molar-refractivity contribution in [2.24, 2.45) is 11.7 Å². The predicted octanol–water partition coefficient (Wildman–Crippen LogP) is 2.17. The highest BCUT2D eigenvalue weighted by molar-refractivity contribution is 5.98. The van der Waals surface area contributed by atoms with Crippen LogP contribution in [0.3, 0.4) is 0 Å². The van der Waals surface area contributed by atoms with Gasteiger partial charge in [0.2, 0.25) is 0 Å². The molecule has 2 atom stereocenters. The van der Waals surface area contributed by atoms with Crippen LogP contribution in [-0.4, -0.2) is 28.7 Å². The Morgan fingerprint density at radius 3 is 2.84 bits per heavy atom. The Bertz CT molecular complexity index is 454. The van der Waals surface area contributed by atoms with Crippen molar-refractivity contribution in [1.82, 2.24) is 9.78 Å². The summed E-state index contributed by atoms with van der Waals surface area (Å²) in [4.78, 5) is 12.7. The molecule has 1 aliphatic rings. The van der Waals surface area contributed by atoms with E-state index in [1.54, 1.807) is 18.0 Å². The van der Waals surface area contributed by atoms with Gasteiger partial charge in [-0.25, -0.2) is 0 Å². The van der Waals surface area contributed by atoms with E-state index in [4.69, 9.17) is 10.5 Å². The molecule has 106 valence electrons. The largest absolute Gasteiger partial charge is 0.493 e. The SMILES string of the molecule is COc1cnn(C(C)C)c1C(=O)C1CCCC(N)C1. The van der Waals surface area contributed by atoms with Gasteiger partial charge in [-0.2, -0.15) is 5.10 Å². The van der Waals surface area contributed by atoms with Gasteiger partial charge >= 0.3 is 0 Å². The standard InChI is InChI=1S/C14H23N3O2/c1-9(2)17-13(12(19-3)8-16-17)14(18)10-5-4-6-11(15)7-10/h8-11H,4-7,15H2,1-3H3. The molecule has 0 radical (unpaired) electrons. The van der Waals surface area contributed by atoms with Crippen LogP contribution in [0.15, 0.2) is 6.20 Å². The second-order valence-corrected chi connectivity index (χ2v) is 5.59. The summed E-state index contributed by atoms with van der Waals surface area (Å²) < 4.78 is 7.03. The van der Waals surface area contributed by atoms with Gasteiger partial charge in [0.25, 0.3) is 0 Å². The third-order valence-electron chi connectivity index (χ3n) is 3.79. The number of hydrogen-bond acceptors (Lipinski definition) is 4. The lowest BCUT2D eigenvalue weighted by Crippen LogP contribution is -2.32. The molecule has 5 nitrogen and oxygen atoms in total. The average molecular weight is 265 g/mol. The van der Waals surface area contributed by atoms with Crippen molar-refractivity contribution in [1.29, 1.82) is 0 Å². The van der Waals surface area contributed by atoms with E-state index in [1.807, 2.05) is 13.8 Å². The highest BCUT2D eigenvalue weighted by Gasteiger charge is 2.31. The summed E-state index contributed by atoms with van der Waals surface area (Å²) >= 11 is 0. The van der Waals surface area contributed by atoms with Crippen LogP contribution in [0.4, 0.5) is 0 Å². The molecule has 2 rings (SSSR count). The molecule has 1 aliphatic carbocycles. The second-order valence-electron chi connectivity index (χ2n) is 5.59. The molecule has 1 aromatic heterocycles. The lowest BCUT2D eigenvalue weighted by molar-refractivity contribution is 0.0865. The molecule has 2 N–H and O–H groups in total. The van der Waals surface area contributed by atoms with Gasteiger partial charge < -0.3 is 10.5 Å². The van der Waals surface area contributed by atoms with E-state index in [1.165, 1.54) is 0 Å². The minimum absolute atomic E-state index is 0.00634. The maximum Gasteiger partial charge on any atom is 0.187 e. The van der Waals surface area contributed by atoms with Crippen LogP contribution >= 0.6 is 0 Å². The Morgan fingerprint density at radius 2 is 2.26 bits per heavy atom. The number of nitrogens with zero attached hydrogens (tertiary/aromatic N) is 2. The van der Waals surface area contributed by atoms with Gasteiger partial charge in [-0.1, -0.05) is 6.42 Å². The maximum atomic E-state index is 12.7. The number of nitrogens with two attached hydrogens (primary N) is 1. The van der Waals surface area contributed by atoms with Crippen molar-refractivity contribution >= 4 is 5.78 Å². The summed E-state index contributed by atoms with van der Waals surface area (Å²) in [6, 6.07) is 0.282. The first kappa shape index (κ1) is 14.1.